The zero-order valence-electron chi connectivity index (χ0n) is 9.95. The fraction of sp³-hybridized carbons (Fsp3) is 0.833. The van der Waals surface area contributed by atoms with Crippen molar-refractivity contribution < 1.29 is 14.7 Å². The molecule has 4 heteroatoms. The van der Waals surface area contributed by atoms with Crippen molar-refractivity contribution in [3.05, 3.63) is 0 Å². The largest absolute Gasteiger partial charge is 0.481 e. The third-order valence-electron chi connectivity index (χ3n) is 3.03. The van der Waals surface area contributed by atoms with Crippen LogP contribution in [0.4, 0.5) is 0 Å². The number of nitrogens with zero attached hydrogens (tertiary/aromatic N) is 1. The van der Waals surface area contributed by atoms with Gasteiger partial charge in [-0.05, 0) is 25.2 Å². The van der Waals surface area contributed by atoms with Gasteiger partial charge >= 0.3 is 5.97 Å². The van der Waals surface area contributed by atoms with Crippen molar-refractivity contribution in [1.29, 1.82) is 0 Å². The molecule has 4 nitrogen and oxygen atoms in total. The topological polar surface area (TPSA) is 57.6 Å². The molecule has 1 N–H and O–H groups in total. The van der Waals surface area contributed by atoms with Gasteiger partial charge in [0.2, 0.25) is 5.91 Å². The number of hydrogen-bond donors (Lipinski definition) is 1. The molecule has 1 amide bonds. The molecule has 0 unspecified atom stereocenters. The first-order valence-corrected chi connectivity index (χ1v) is 6.05. The molecule has 0 heterocycles. The minimum absolute atomic E-state index is 0.144. The van der Waals surface area contributed by atoms with Crippen LogP contribution in [0.1, 0.15) is 44.9 Å². The molecule has 1 fully saturated rings. The molecule has 1 saturated carbocycles. The summed E-state index contributed by atoms with van der Waals surface area (Å²) < 4.78 is 0. The minimum Gasteiger partial charge on any atom is -0.481 e. The first-order valence-electron chi connectivity index (χ1n) is 6.05. The number of carboxylic acid groups (broad SMARTS) is 1. The normalized spacial score (nSPS) is 14.8. The van der Waals surface area contributed by atoms with E-state index in [1.807, 2.05) is 7.05 Å². The molecule has 0 aliphatic heterocycles. The van der Waals surface area contributed by atoms with Crippen LogP contribution in [0.2, 0.25) is 0 Å². The summed E-state index contributed by atoms with van der Waals surface area (Å²) in [4.78, 5) is 23.6. The van der Waals surface area contributed by atoms with Crippen LogP contribution in [0.25, 0.3) is 0 Å². The van der Waals surface area contributed by atoms with E-state index in [9.17, 15) is 9.59 Å². The molecular formula is C12H21NO3. The van der Waals surface area contributed by atoms with Crippen molar-refractivity contribution in [2.24, 2.45) is 5.92 Å². The standard InChI is InChI=1S/C12H21NO3/c1-13(9-8-10-6-7-10)11(14)4-2-3-5-12(15)16/h10H,2-9H2,1H3,(H,15,16). The molecule has 0 aromatic rings. The summed E-state index contributed by atoms with van der Waals surface area (Å²) in [6.07, 6.45) is 5.68. The Morgan fingerprint density at radius 1 is 1.25 bits per heavy atom. The number of amides is 1. The minimum atomic E-state index is -0.783. The average Bonchev–Trinajstić information content (AvgIpc) is 3.04. The van der Waals surface area contributed by atoms with Crippen LogP contribution in [0.5, 0.6) is 0 Å². The van der Waals surface area contributed by atoms with Crippen molar-refractivity contribution in [3.63, 3.8) is 0 Å². The summed E-state index contributed by atoms with van der Waals surface area (Å²) in [7, 11) is 1.84. The zero-order chi connectivity index (χ0) is 12.0. The van der Waals surface area contributed by atoms with Gasteiger partial charge in [-0.2, -0.15) is 0 Å². The van der Waals surface area contributed by atoms with Crippen molar-refractivity contribution in [2.45, 2.75) is 44.9 Å². The Balaban J connectivity index is 2.01. The summed E-state index contributed by atoms with van der Waals surface area (Å²) in [5, 5.41) is 8.44. The summed E-state index contributed by atoms with van der Waals surface area (Å²) in [6.45, 7) is 0.850. The quantitative estimate of drug-likeness (QED) is 0.644. The Bertz CT molecular complexity index is 249. The van der Waals surface area contributed by atoms with Gasteiger partial charge < -0.3 is 10.0 Å². The third-order valence-corrected chi connectivity index (χ3v) is 3.03. The first kappa shape index (κ1) is 13.0. The maximum atomic E-state index is 11.6. The number of unbranched alkanes of at least 4 members (excludes halogenated alkanes) is 1. The van der Waals surface area contributed by atoms with Crippen molar-refractivity contribution in [2.75, 3.05) is 13.6 Å². The van der Waals surface area contributed by atoms with Crippen LogP contribution < -0.4 is 0 Å². The highest BCUT2D eigenvalue weighted by Gasteiger charge is 2.21. The molecule has 1 aliphatic carbocycles. The number of hydrogen-bond acceptors (Lipinski definition) is 2. The lowest BCUT2D eigenvalue weighted by atomic mass is 10.2. The molecule has 0 bridgehead atoms. The second kappa shape index (κ2) is 6.51. The van der Waals surface area contributed by atoms with E-state index in [4.69, 9.17) is 5.11 Å². The molecule has 0 aromatic carbocycles. The fourth-order valence-electron chi connectivity index (χ4n) is 1.65. The summed E-state index contributed by atoms with van der Waals surface area (Å²) >= 11 is 0. The summed E-state index contributed by atoms with van der Waals surface area (Å²) in [5.41, 5.74) is 0. The monoisotopic (exact) mass is 227 g/mol. The predicted molar refractivity (Wildman–Crippen MR) is 61.1 cm³/mol. The van der Waals surface area contributed by atoms with Gasteiger partial charge in [0.15, 0.2) is 0 Å². The van der Waals surface area contributed by atoms with Crippen molar-refractivity contribution in [1.82, 2.24) is 4.90 Å². The van der Waals surface area contributed by atoms with Gasteiger partial charge in [-0.3, -0.25) is 9.59 Å². The van der Waals surface area contributed by atoms with E-state index in [1.165, 1.54) is 12.8 Å². The highest BCUT2D eigenvalue weighted by atomic mass is 16.4. The van der Waals surface area contributed by atoms with Crippen molar-refractivity contribution in [3.8, 4) is 0 Å². The number of carboxylic acids is 1. The van der Waals surface area contributed by atoms with Crippen LogP contribution >= 0.6 is 0 Å². The molecule has 16 heavy (non-hydrogen) atoms. The highest BCUT2D eigenvalue weighted by Crippen LogP contribution is 2.32. The van der Waals surface area contributed by atoms with E-state index in [2.05, 4.69) is 0 Å². The van der Waals surface area contributed by atoms with Crippen LogP contribution in [-0.4, -0.2) is 35.5 Å². The van der Waals surface area contributed by atoms with Crippen molar-refractivity contribution >= 4 is 11.9 Å². The third kappa shape index (κ3) is 5.73. The van der Waals surface area contributed by atoms with Crippen LogP contribution in [0.15, 0.2) is 0 Å². The van der Waals surface area contributed by atoms with Crippen LogP contribution in [0, 0.1) is 5.92 Å². The Morgan fingerprint density at radius 3 is 2.44 bits per heavy atom. The second-order valence-corrected chi connectivity index (χ2v) is 4.65. The lowest BCUT2D eigenvalue weighted by molar-refractivity contribution is -0.137. The van der Waals surface area contributed by atoms with E-state index < -0.39 is 5.97 Å². The lowest BCUT2D eigenvalue weighted by Gasteiger charge is -2.16. The molecule has 0 spiro atoms. The number of carbonyl (C=O) groups excluding carboxylic acids is 1. The van der Waals surface area contributed by atoms with Gasteiger partial charge in [-0.15, -0.1) is 0 Å². The summed E-state index contributed by atoms with van der Waals surface area (Å²) in [5.74, 6) is 0.211. The zero-order valence-corrected chi connectivity index (χ0v) is 9.95. The van der Waals surface area contributed by atoms with E-state index in [0.717, 1.165) is 18.9 Å². The van der Waals surface area contributed by atoms with Gasteiger partial charge in [-0.25, -0.2) is 0 Å². The van der Waals surface area contributed by atoms with Gasteiger partial charge in [0.05, 0.1) is 0 Å². The average molecular weight is 227 g/mol. The molecule has 0 saturated heterocycles. The van der Waals surface area contributed by atoms with Crippen LogP contribution in [0.3, 0.4) is 0 Å². The Hall–Kier alpha value is -1.06. The highest BCUT2D eigenvalue weighted by molar-refractivity contribution is 5.75. The number of rotatable bonds is 8. The van der Waals surface area contributed by atoms with Gasteiger partial charge in [0.1, 0.15) is 0 Å². The molecule has 1 rings (SSSR count). The molecular weight excluding hydrogens is 206 g/mol. The Morgan fingerprint density at radius 2 is 1.88 bits per heavy atom. The van der Waals surface area contributed by atoms with Gasteiger partial charge in [0.25, 0.3) is 0 Å². The van der Waals surface area contributed by atoms with E-state index in [-0.39, 0.29) is 12.3 Å². The first-order chi connectivity index (χ1) is 7.59. The fourth-order valence-corrected chi connectivity index (χ4v) is 1.65. The summed E-state index contributed by atoms with van der Waals surface area (Å²) in [6, 6.07) is 0. The number of carbonyl (C=O) groups is 2. The van der Waals surface area contributed by atoms with Gasteiger partial charge in [-0.1, -0.05) is 12.8 Å². The Kier molecular flexibility index (Phi) is 5.29. The van der Waals surface area contributed by atoms with Crippen LogP contribution in [-0.2, 0) is 9.59 Å². The Labute approximate surface area is 96.6 Å². The SMILES string of the molecule is CN(CCC1CC1)C(=O)CCCCC(=O)O. The molecule has 0 aromatic heterocycles. The van der Waals surface area contributed by atoms with E-state index in [0.29, 0.717) is 19.3 Å². The van der Waals surface area contributed by atoms with E-state index in [1.54, 1.807) is 4.90 Å². The molecule has 0 radical (unpaired) electrons. The second-order valence-electron chi connectivity index (χ2n) is 4.65. The molecule has 1 aliphatic rings. The van der Waals surface area contributed by atoms with Gasteiger partial charge in [0, 0.05) is 26.4 Å². The number of aliphatic carboxylic acids is 1. The predicted octanol–water partition coefficient (Wildman–Crippen LogP) is 1.89. The lowest BCUT2D eigenvalue weighted by Crippen LogP contribution is -2.27. The maximum Gasteiger partial charge on any atom is 0.303 e. The smallest absolute Gasteiger partial charge is 0.303 e. The van der Waals surface area contributed by atoms with E-state index >= 15 is 0 Å². The maximum absolute atomic E-state index is 11.6. The molecule has 0 atom stereocenters. The molecule has 92 valence electrons.